The molecule has 1 heterocycles. The number of hydrogen-bond acceptors (Lipinski definition) is 3. The van der Waals surface area contributed by atoms with Crippen LogP contribution in [0.15, 0.2) is 24.3 Å². The number of halogens is 2. The lowest BCUT2D eigenvalue weighted by Gasteiger charge is -2.34. The largest absolute Gasteiger partial charge is 0.372 e. The number of benzene rings is 1. The van der Waals surface area contributed by atoms with Crippen molar-refractivity contribution in [1.29, 1.82) is 0 Å². The Labute approximate surface area is 152 Å². The summed E-state index contributed by atoms with van der Waals surface area (Å²) in [5, 5.41) is 3.32. The van der Waals surface area contributed by atoms with E-state index < -0.39 is 0 Å². The minimum Gasteiger partial charge on any atom is -0.372 e. The second-order valence-corrected chi connectivity index (χ2v) is 5.68. The van der Waals surface area contributed by atoms with Gasteiger partial charge in [-0.25, -0.2) is 0 Å². The molecule has 4 nitrogen and oxygen atoms in total. The third-order valence-electron chi connectivity index (χ3n) is 4.12. The van der Waals surface area contributed by atoms with Gasteiger partial charge >= 0.3 is 0 Å². The van der Waals surface area contributed by atoms with Crippen LogP contribution in [0, 0.1) is 0 Å². The summed E-state index contributed by atoms with van der Waals surface area (Å²) in [5.74, 6) is 0.147. The zero-order valence-electron chi connectivity index (χ0n) is 14.2. The zero-order valence-corrected chi connectivity index (χ0v) is 15.9. The fraction of sp³-hybridized carbons (Fsp3) is 0.588. The minimum absolute atomic E-state index is 0. The van der Waals surface area contributed by atoms with E-state index in [0.717, 1.165) is 44.7 Å². The Hall–Kier alpha value is -0.970. The van der Waals surface area contributed by atoms with Crippen LogP contribution in [0.4, 0.5) is 5.69 Å². The Kier molecular flexibility index (Phi) is 10.3. The number of rotatable bonds is 5. The lowest BCUT2D eigenvalue weighted by atomic mass is 10.1. The predicted octanol–water partition coefficient (Wildman–Crippen LogP) is 3.20. The molecule has 1 aliphatic heterocycles. The first-order chi connectivity index (χ1) is 10.2. The first-order valence-corrected chi connectivity index (χ1v) is 8.04. The van der Waals surface area contributed by atoms with Crippen molar-refractivity contribution >= 4 is 36.4 Å². The number of piperazine rings is 1. The maximum absolute atomic E-state index is 12.6. The number of carbonyl (C=O) groups is 1. The van der Waals surface area contributed by atoms with E-state index in [0.29, 0.717) is 0 Å². The molecule has 1 amide bonds. The first-order valence-electron chi connectivity index (χ1n) is 8.04. The molecule has 1 aromatic rings. The van der Waals surface area contributed by atoms with E-state index in [1.165, 1.54) is 5.69 Å². The van der Waals surface area contributed by atoms with Crippen LogP contribution in [0.5, 0.6) is 0 Å². The summed E-state index contributed by atoms with van der Waals surface area (Å²) in [6.07, 6.45) is 1.13. The molecule has 0 aliphatic carbocycles. The third kappa shape index (κ3) is 5.55. The number of nitrogens with one attached hydrogen (secondary N) is 1. The summed E-state index contributed by atoms with van der Waals surface area (Å²) in [5.41, 5.74) is 1.99. The topological polar surface area (TPSA) is 35.6 Å². The molecule has 1 fully saturated rings. The van der Waals surface area contributed by atoms with Crippen molar-refractivity contribution < 1.29 is 4.79 Å². The molecule has 6 heteroatoms. The van der Waals surface area contributed by atoms with Crippen molar-refractivity contribution in [3.8, 4) is 0 Å². The Balaban J connectivity index is 0.00000242. The molecule has 2 rings (SSSR count). The van der Waals surface area contributed by atoms with Gasteiger partial charge in [-0.3, -0.25) is 4.79 Å². The summed E-state index contributed by atoms with van der Waals surface area (Å²) in [7, 11) is 0. The Morgan fingerprint density at radius 3 is 2.43 bits per heavy atom. The highest BCUT2D eigenvalue weighted by Gasteiger charge is 2.23. The van der Waals surface area contributed by atoms with Crippen LogP contribution in [0.25, 0.3) is 0 Å². The van der Waals surface area contributed by atoms with Crippen molar-refractivity contribution in [3.63, 3.8) is 0 Å². The lowest BCUT2D eigenvalue weighted by molar-refractivity contribution is 0.0656. The van der Waals surface area contributed by atoms with E-state index in [9.17, 15) is 4.79 Å². The molecule has 132 valence electrons. The standard InChI is InChI=1S/C17H27N3O.2ClH/c1-4-11-19(5-2)16-8-6-15(7-9-16)17(21)20-12-10-18-13-14(20)3;;/h6-9,14,18H,4-5,10-13H2,1-3H3;2*1H/t14-;;/m1../s1. The third-order valence-corrected chi connectivity index (χ3v) is 4.12. The summed E-state index contributed by atoms with van der Waals surface area (Å²) in [6.45, 7) is 11.0. The van der Waals surface area contributed by atoms with Crippen molar-refractivity contribution in [1.82, 2.24) is 10.2 Å². The normalized spacial score (nSPS) is 17.0. The van der Waals surface area contributed by atoms with Gasteiger partial charge < -0.3 is 15.1 Å². The van der Waals surface area contributed by atoms with E-state index in [1.807, 2.05) is 17.0 Å². The molecule has 1 saturated heterocycles. The summed E-state index contributed by atoms with van der Waals surface area (Å²) in [6, 6.07) is 8.33. The highest BCUT2D eigenvalue weighted by molar-refractivity contribution is 5.94. The average molecular weight is 362 g/mol. The molecule has 1 aliphatic rings. The second kappa shape index (κ2) is 10.7. The van der Waals surface area contributed by atoms with Crippen LogP contribution in [0.2, 0.25) is 0 Å². The highest BCUT2D eigenvalue weighted by atomic mass is 35.5. The molecule has 0 saturated carbocycles. The van der Waals surface area contributed by atoms with Crippen LogP contribution in [0.1, 0.15) is 37.6 Å². The molecule has 1 atom stereocenters. The lowest BCUT2D eigenvalue weighted by Crippen LogP contribution is -2.52. The maximum atomic E-state index is 12.6. The van der Waals surface area contributed by atoms with E-state index in [2.05, 4.69) is 43.1 Å². The monoisotopic (exact) mass is 361 g/mol. The van der Waals surface area contributed by atoms with Gasteiger partial charge in [-0.05, 0) is 44.5 Å². The van der Waals surface area contributed by atoms with Crippen molar-refractivity contribution in [2.75, 3.05) is 37.6 Å². The molecule has 1 N–H and O–H groups in total. The van der Waals surface area contributed by atoms with Crippen LogP contribution in [-0.4, -0.2) is 49.6 Å². The molecule has 0 radical (unpaired) electrons. The number of nitrogens with zero attached hydrogens (tertiary/aromatic N) is 2. The van der Waals surface area contributed by atoms with Crippen molar-refractivity contribution in [2.24, 2.45) is 0 Å². The summed E-state index contributed by atoms with van der Waals surface area (Å²) < 4.78 is 0. The molecule has 1 aromatic carbocycles. The molecule has 0 aromatic heterocycles. The highest BCUT2D eigenvalue weighted by Crippen LogP contribution is 2.17. The predicted molar refractivity (Wildman–Crippen MR) is 102 cm³/mol. The van der Waals surface area contributed by atoms with Gasteiger partial charge in [-0.15, -0.1) is 24.8 Å². The zero-order chi connectivity index (χ0) is 15.2. The Bertz CT molecular complexity index is 467. The van der Waals surface area contributed by atoms with Crippen LogP contribution in [0.3, 0.4) is 0 Å². The molecule has 0 unspecified atom stereocenters. The number of anilines is 1. The molecular formula is C17H29Cl2N3O. The van der Waals surface area contributed by atoms with E-state index in [-0.39, 0.29) is 36.8 Å². The van der Waals surface area contributed by atoms with Crippen LogP contribution >= 0.6 is 24.8 Å². The van der Waals surface area contributed by atoms with Gasteiger partial charge in [-0.2, -0.15) is 0 Å². The second-order valence-electron chi connectivity index (χ2n) is 5.68. The Morgan fingerprint density at radius 2 is 1.91 bits per heavy atom. The van der Waals surface area contributed by atoms with E-state index >= 15 is 0 Å². The number of amides is 1. The van der Waals surface area contributed by atoms with E-state index in [4.69, 9.17) is 0 Å². The minimum atomic E-state index is 0. The molecule has 23 heavy (non-hydrogen) atoms. The summed E-state index contributed by atoms with van der Waals surface area (Å²) in [4.78, 5) is 16.9. The van der Waals surface area contributed by atoms with Gasteiger partial charge in [0.1, 0.15) is 0 Å². The van der Waals surface area contributed by atoms with Crippen LogP contribution in [-0.2, 0) is 0 Å². The smallest absolute Gasteiger partial charge is 0.254 e. The van der Waals surface area contributed by atoms with Crippen molar-refractivity contribution in [2.45, 2.75) is 33.2 Å². The van der Waals surface area contributed by atoms with Gasteiger partial charge in [0.2, 0.25) is 0 Å². The van der Waals surface area contributed by atoms with Gasteiger partial charge in [0.15, 0.2) is 0 Å². The SMILES string of the molecule is CCCN(CC)c1ccc(C(=O)N2CCNC[C@H]2C)cc1.Cl.Cl. The Morgan fingerprint density at radius 1 is 1.26 bits per heavy atom. The number of hydrogen-bond donors (Lipinski definition) is 1. The summed E-state index contributed by atoms with van der Waals surface area (Å²) >= 11 is 0. The van der Waals surface area contributed by atoms with Crippen LogP contribution < -0.4 is 10.2 Å². The fourth-order valence-corrected chi connectivity index (χ4v) is 2.86. The average Bonchev–Trinajstić information content (AvgIpc) is 2.52. The van der Waals surface area contributed by atoms with Gasteiger partial charge in [-0.1, -0.05) is 6.92 Å². The first kappa shape index (κ1) is 22.0. The van der Waals surface area contributed by atoms with Gasteiger partial charge in [0.05, 0.1) is 0 Å². The fourth-order valence-electron chi connectivity index (χ4n) is 2.86. The molecule has 0 bridgehead atoms. The van der Waals surface area contributed by atoms with E-state index in [1.54, 1.807) is 0 Å². The van der Waals surface area contributed by atoms with Gasteiger partial charge in [0, 0.05) is 50.0 Å². The number of carbonyl (C=O) groups excluding carboxylic acids is 1. The quantitative estimate of drug-likeness (QED) is 0.874. The molecular weight excluding hydrogens is 333 g/mol. The maximum Gasteiger partial charge on any atom is 0.254 e. The van der Waals surface area contributed by atoms with Crippen molar-refractivity contribution in [3.05, 3.63) is 29.8 Å². The molecule has 0 spiro atoms. The van der Waals surface area contributed by atoms with Gasteiger partial charge in [0.25, 0.3) is 5.91 Å².